The van der Waals surface area contributed by atoms with Crippen molar-refractivity contribution >= 4 is 0 Å². The van der Waals surface area contributed by atoms with Crippen LogP contribution in [0.1, 0.15) is 38.3 Å². The Morgan fingerprint density at radius 2 is 2.44 bits per heavy atom. The predicted molar refractivity (Wildman–Crippen MR) is 72.6 cm³/mol. The second-order valence-electron chi connectivity index (χ2n) is 5.19. The van der Waals surface area contributed by atoms with E-state index in [4.69, 9.17) is 4.74 Å². The molecule has 0 saturated carbocycles. The Morgan fingerprint density at radius 1 is 1.56 bits per heavy atom. The van der Waals surface area contributed by atoms with Crippen molar-refractivity contribution in [3.63, 3.8) is 0 Å². The van der Waals surface area contributed by atoms with E-state index in [1.54, 1.807) is 0 Å². The van der Waals surface area contributed by atoms with Crippen LogP contribution in [0.5, 0.6) is 0 Å². The first-order valence-electron chi connectivity index (χ1n) is 7.11. The molecule has 1 aliphatic rings. The maximum atomic E-state index is 5.76. The lowest BCUT2D eigenvalue weighted by atomic mass is 10.00. The minimum Gasteiger partial charge on any atom is -0.378 e. The van der Waals surface area contributed by atoms with Crippen LogP contribution in [-0.4, -0.2) is 35.1 Å². The molecule has 0 radical (unpaired) electrons. The lowest BCUT2D eigenvalue weighted by Crippen LogP contribution is -2.39. The van der Waals surface area contributed by atoms with E-state index in [1.165, 1.54) is 18.5 Å². The Morgan fingerprint density at radius 3 is 3.17 bits per heavy atom. The van der Waals surface area contributed by atoms with E-state index < -0.39 is 0 Å². The summed E-state index contributed by atoms with van der Waals surface area (Å²) < 4.78 is 7.62. The Bertz CT molecular complexity index is 349. The molecule has 102 valence electrons. The first kappa shape index (κ1) is 13.6. The molecule has 1 N–H and O–H groups in total. The van der Waals surface area contributed by atoms with Crippen LogP contribution < -0.4 is 5.32 Å². The summed E-state index contributed by atoms with van der Waals surface area (Å²) in [6.07, 6.45) is 8.19. The fraction of sp³-hybridized carbons (Fsp3) is 0.786. The molecule has 4 heteroatoms. The van der Waals surface area contributed by atoms with Crippen LogP contribution in [0, 0.1) is 0 Å². The minimum absolute atomic E-state index is 0.469. The molecule has 2 rings (SSSR count). The summed E-state index contributed by atoms with van der Waals surface area (Å²) in [7, 11) is 1.96. The van der Waals surface area contributed by atoms with E-state index in [-0.39, 0.29) is 0 Å². The monoisotopic (exact) mass is 251 g/mol. The second-order valence-corrected chi connectivity index (χ2v) is 5.19. The molecule has 0 aromatic carbocycles. The molecule has 1 fully saturated rings. The maximum Gasteiger partial charge on any atom is 0.0637 e. The molecule has 2 atom stereocenters. The van der Waals surface area contributed by atoms with Crippen molar-refractivity contribution in [1.82, 2.24) is 15.1 Å². The highest BCUT2D eigenvalue weighted by atomic mass is 16.5. The number of ether oxygens (including phenoxy) is 1. The highest BCUT2D eigenvalue weighted by molar-refractivity contribution is 4.99. The highest BCUT2D eigenvalue weighted by Crippen LogP contribution is 2.17. The smallest absolute Gasteiger partial charge is 0.0637 e. The van der Waals surface area contributed by atoms with Gasteiger partial charge in [-0.2, -0.15) is 5.10 Å². The molecule has 2 unspecified atom stereocenters. The van der Waals surface area contributed by atoms with Gasteiger partial charge in [-0.3, -0.25) is 4.68 Å². The normalized spacial score (nSPS) is 24.3. The Labute approximate surface area is 110 Å². The molecular formula is C14H25N3O. The molecule has 1 aromatic rings. The summed E-state index contributed by atoms with van der Waals surface area (Å²) in [6.45, 7) is 4.15. The molecule has 4 nitrogen and oxygen atoms in total. The zero-order valence-corrected chi connectivity index (χ0v) is 11.6. The lowest BCUT2D eigenvalue weighted by Gasteiger charge is -2.30. The number of nitrogens with one attached hydrogen (secondary N) is 1. The average molecular weight is 251 g/mol. The van der Waals surface area contributed by atoms with E-state index in [0.29, 0.717) is 12.1 Å². The van der Waals surface area contributed by atoms with Crippen molar-refractivity contribution in [2.24, 2.45) is 7.05 Å². The summed E-state index contributed by atoms with van der Waals surface area (Å²) in [5.74, 6) is 0. The van der Waals surface area contributed by atoms with Gasteiger partial charge in [-0.1, -0.05) is 13.3 Å². The molecule has 1 aliphatic heterocycles. The van der Waals surface area contributed by atoms with Crippen molar-refractivity contribution in [3.05, 3.63) is 18.0 Å². The summed E-state index contributed by atoms with van der Waals surface area (Å²) in [5, 5.41) is 8.03. The minimum atomic E-state index is 0.469. The van der Waals surface area contributed by atoms with Gasteiger partial charge in [-0.15, -0.1) is 0 Å². The Balaban J connectivity index is 1.66. The standard InChI is InChI=1S/C14H25N3O/c1-3-4-14-11-13(7-10-18-14)15-8-5-12-6-9-17(2)16-12/h6,9,13-15H,3-5,7-8,10-11H2,1-2H3. The van der Waals surface area contributed by atoms with Gasteiger partial charge < -0.3 is 10.1 Å². The third-order valence-electron chi connectivity index (χ3n) is 3.56. The summed E-state index contributed by atoms with van der Waals surface area (Å²) in [4.78, 5) is 0. The Hall–Kier alpha value is -0.870. The second kappa shape index (κ2) is 6.90. The van der Waals surface area contributed by atoms with Gasteiger partial charge in [0.1, 0.15) is 0 Å². The van der Waals surface area contributed by atoms with Gasteiger partial charge in [0.2, 0.25) is 0 Å². The topological polar surface area (TPSA) is 39.1 Å². The van der Waals surface area contributed by atoms with Gasteiger partial charge in [0.05, 0.1) is 11.8 Å². The van der Waals surface area contributed by atoms with Crippen molar-refractivity contribution in [3.8, 4) is 0 Å². The number of hydrogen-bond acceptors (Lipinski definition) is 3. The van der Waals surface area contributed by atoms with Crippen LogP contribution >= 0.6 is 0 Å². The van der Waals surface area contributed by atoms with E-state index in [1.807, 2.05) is 17.9 Å². The fourth-order valence-corrected chi connectivity index (χ4v) is 2.59. The first-order valence-corrected chi connectivity index (χ1v) is 7.11. The molecule has 1 saturated heterocycles. The van der Waals surface area contributed by atoms with Gasteiger partial charge in [-0.05, 0) is 25.3 Å². The highest BCUT2D eigenvalue weighted by Gasteiger charge is 2.21. The van der Waals surface area contributed by atoms with E-state index in [9.17, 15) is 0 Å². The van der Waals surface area contributed by atoms with Crippen LogP contribution in [-0.2, 0) is 18.2 Å². The molecule has 0 spiro atoms. The van der Waals surface area contributed by atoms with Crippen LogP contribution in [0.3, 0.4) is 0 Å². The third kappa shape index (κ3) is 4.10. The van der Waals surface area contributed by atoms with Crippen molar-refractivity contribution < 1.29 is 4.74 Å². The van der Waals surface area contributed by atoms with Gasteiger partial charge in [0.15, 0.2) is 0 Å². The van der Waals surface area contributed by atoms with Crippen molar-refractivity contribution in [1.29, 1.82) is 0 Å². The van der Waals surface area contributed by atoms with E-state index in [0.717, 1.165) is 32.4 Å². The van der Waals surface area contributed by atoms with Crippen molar-refractivity contribution in [2.75, 3.05) is 13.2 Å². The molecule has 0 amide bonds. The summed E-state index contributed by atoms with van der Waals surface area (Å²) >= 11 is 0. The number of aryl methyl sites for hydroxylation is 1. The van der Waals surface area contributed by atoms with Crippen LogP contribution in [0.4, 0.5) is 0 Å². The molecule has 1 aromatic heterocycles. The van der Waals surface area contributed by atoms with Gasteiger partial charge in [0, 0.05) is 38.9 Å². The lowest BCUT2D eigenvalue weighted by molar-refractivity contribution is -0.00301. The third-order valence-corrected chi connectivity index (χ3v) is 3.56. The van der Waals surface area contributed by atoms with Gasteiger partial charge in [-0.25, -0.2) is 0 Å². The number of rotatable bonds is 6. The van der Waals surface area contributed by atoms with E-state index in [2.05, 4.69) is 23.4 Å². The number of nitrogens with zero attached hydrogens (tertiary/aromatic N) is 2. The largest absolute Gasteiger partial charge is 0.378 e. The first-order chi connectivity index (χ1) is 8.78. The molecule has 0 aliphatic carbocycles. The van der Waals surface area contributed by atoms with Crippen LogP contribution in [0.2, 0.25) is 0 Å². The maximum absolute atomic E-state index is 5.76. The molecule has 18 heavy (non-hydrogen) atoms. The molecular weight excluding hydrogens is 226 g/mol. The van der Waals surface area contributed by atoms with Gasteiger partial charge in [0.25, 0.3) is 0 Å². The van der Waals surface area contributed by atoms with Crippen LogP contribution in [0.15, 0.2) is 12.3 Å². The Kier molecular flexibility index (Phi) is 5.20. The molecule has 2 heterocycles. The van der Waals surface area contributed by atoms with Crippen LogP contribution in [0.25, 0.3) is 0 Å². The average Bonchev–Trinajstić information content (AvgIpc) is 2.76. The number of aromatic nitrogens is 2. The van der Waals surface area contributed by atoms with Gasteiger partial charge >= 0.3 is 0 Å². The summed E-state index contributed by atoms with van der Waals surface area (Å²) in [5.41, 5.74) is 1.17. The predicted octanol–water partition coefficient (Wildman–Crippen LogP) is 1.90. The quantitative estimate of drug-likeness (QED) is 0.839. The summed E-state index contributed by atoms with van der Waals surface area (Å²) in [6, 6.07) is 2.71. The van der Waals surface area contributed by atoms with E-state index >= 15 is 0 Å². The zero-order chi connectivity index (χ0) is 12.8. The number of hydrogen-bond donors (Lipinski definition) is 1. The fourth-order valence-electron chi connectivity index (χ4n) is 2.59. The van der Waals surface area contributed by atoms with Crippen molar-refractivity contribution in [2.45, 2.75) is 51.2 Å². The zero-order valence-electron chi connectivity index (χ0n) is 11.6. The molecule has 0 bridgehead atoms. The SMILES string of the molecule is CCCC1CC(NCCc2ccn(C)n2)CCO1.